The lowest BCUT2D eigenvalue weighted by Crippen LogP contribution is -2.25. The highest BCUT2D eigenvalue weighted by Crippen LogP contribution is 2.39. The van der Waals surface area contributed by atoms with Gasteiger partial charge in [-0.05, 0) is 47.5 Å². The fourth-order valence-electron chi connectivity index (χ4n) is 4.13. The highest BCUT2D eigenvalue weighted by Gasteiger charge is 2.39. The molecule has 7 nitrogen and oxygen atoms in total. The number of nitrogens with one attached hydrogen (secondary N) is 1. The third-order valence-corrected chi connectivity index (χ3v) is 7.39. The van der Waals surface area contributed by atoms with Crippen LogP contribution in [-0.2, 0) is 9.59 Å². The summed E-state index contributed by atoms with van der Waals surface area (Å²) in [5.74, 6) is -0.403. The zero-order valence-electron chi connectivity index (χ0n) is 19.7. The Hall–Kier alpha value is -3.69. The van der Waals surface area contributed by atoms with E-state index in [4.69, 9.17) is 21.4 Å². The molecular weight excluding hydrogens is 515 g/mol. The van der Waals surface area contributed by atoms with E-state index in [9.17, 15) is 14.0 Å². The highest BCUT2D eigenvalue weighted by molar-refractivity contribution is 8.15. The minimum absolute atomic E-state index is 0.0400. The van der Waals surface area contributed by atoms with Gasteiger partial charge in [0.05, 0.1) is 18.9 Å². The summed E-state index contributed by atoms with van der Waals surface area (Å²) in [6.45, 7) is 0. The van der Waals surface area contributed by atoms with Crippen molar-refractivity contribution < 1.29 is 18.7 Å². The first-order valence-corrected chi connectivity index (χ1v) is 12.8. The summed E-state index contributed by atoms with van der Waals surface area (Å²) < 4.78 is 18.7. The molecular formula is C27H22ClFN4O3S. The van der Waals surface area contributed by atoms with Crippen LogP contribution in [0.2, 0.25) is 5.02 Å². The molecule has 0 radical (unpaired) electrons. The van der Waals surface area contributed by atoms with Crippen molar-refractivity contribution in [1.29, 1.82) is 0 Å². The van der Waals surface area contributed by atoms with Crippen molar-refractivity contribution in [2.45, 2.75) is 24.1 Å². The molecule has 3 aromatic rings. The molecule has 2 heterocycles. The van der Waals surface area contributed by atoms with Crippen LogP contribution in [0.4, 0.5) is 10.1 Å². The Labute approximate surface area is 222 Å². The van der Waals surface area contributed by atoms with Crippen LogP contribution in [0, 0.1) is 5.82 Å². The molecule has 0 fully saturated rings. The van der Waals surface area contributed by atoms with Gasteiger partial charge in [-0.1, -0.05) is 53.7 Å². The van der Waals surface area contributed by atoms with Gasteiger partial charge in [0.15, 0.2) is 5.17 Å². The van der Waals surface area contributed by atoms with Crippen molar-refractivity contribution in [2.24, 2.45) is 10.1 Å². The number of benzene rings is 3. The summed E-state index contributed by atoms with van der Waals surface area (Å²) in [6, 6.07) is 20.3. The van der Waals surface area contributed by atoms with E-state index in [1.165, 1.54) is 23.9 Å². The molecule has 3 aromatic carbocycles. The van der Waals surface area contributed by atoms with Gasteiger partial charge in [-0.3, -0.25) is 9.59 Å². The molecule has 0 unspecified atom stereocenters. The lowest BCUT2D eigenvalue weighted by atomic mass is 9.99. The Balaban J connectivity index is 1.34. The first kappa shape index (κ1) is 25.0. The summed E-state index contributed by atoms with van der Waals surface area (Å²) in [7, 11) is 1.55. The largest absolute Gasteiger partial charge is 0.497 e. The standard InChI is InChI=1S/C27H22ClFN4O3S/c1-36-21-4-2-3-20(13-21)30-25(34)15-24-26(35)31-27(37-24)33-23(17-5-9-18(28)10-6-17)14-22(32-33)16-7-11-19(29)12-8-16/h2-13,23-24H,14-15H2,1H3,(H,30,34)/t23-,24+/m1/s1. The van der Waals surface area contributed by atoms with Crippen LogP contribution < -0.4 is 10.1 Å². The van der Waals surface area contributed by atoms with E-state index in [0.717, 1.165) is 16.8 Å². The lowest BCUT2D eigenvalue weighted by Gasteiger charge is -2.23. The van der Waals surface area contributed by atoms with Crippen LogP contribution in [-0.4, -0.2) is 40.1 Å². The third-order valence-electron chi connectivity index (χ3n) is 5.99. The third kappa shape index (κ3) is 5.68. The van der Waals surface area contributed by atoms with E-state index in [0.29, 0.717) is 28.0 Å². The van der Waals surface area contributed by atoms with Crippen LogP contribution in [0.3, 0.4) is 0 Å². The van der Waals surface area contributed by atoms with Crippen LogP contribution in [0.25, 0.3) is 0 Å². The molecule has 2 aliphatic heterocycles. The van der Waals surface area contributed by atoms with Gasteiger partial charge in [0, 0.05) is 29.6 Å². The van der Waals surface area contributed by atoms with Crippen LogP contribution in [0.1, 0.15) is 30.0 Å². The van der Waals surface area contributed by atoms with Gasteiger partial charge < -0.3 is 10.1 Å². The van der Waals surface area contributed by atoms with Gasteiger partial charge in [-0.15, -0.1) is 0 Å². The fourth-order valence-corrected chi connectivity index (χ4v) is 5.32. The molecule has 0 aliphatic carbocycles. The molecule has 2 amide bonds. The number of rotatable bonds is 6. The number of nitrogens with zero attached hydrogens (tertiary/aromatic N) is 3. The molecule has 5 rings (SSSR count). The van der Waals surface area contributed by atoms with E-state index >= 15 is 0 Å². The van der Waals surface area contributed by atoms with Crippen molar-refractivity contribution in [1.82, 2.24) is 5.01 Å². The second-order valence-electron chi connectivity index (χ2n) is 8.49. The minimum atomic E-state index is -0.670. The number of aliphatic imine (C=N–C) groups is 1. The van der Waals surface area contributed by atoms with Crippen LogP contribution >= 0.6 is 23.4 Å². The SMILES string of the molecule is COc1cccc(NC(=O)C[C@@H]2SC(N3N=C(c4ccc(F)cc4)C[C@@H]3c3ccc(Cl)cc3)=NC2=O)c1. The molecule has 10 heteroatoms. The Kier molecular flexibility index (Phi) is 7.25. The number of carbonyl (C=O) groups excluding carboxylic acids is 2. The first-order valence-electron chi connectivity index (χ1n) is 11.5. The number of carbonyl (C=O) groups is 2. The summed E-state index contributed by atoms with van der Waals surface area (Å²) >= 11 is 7.30. The van der Waals surface area contributed by atoms with Gasteiger partial charge in [0.1, 0.15) is 16.8 Å². The zero-order valence-corrected chi connectivity index (χ0v) is 21.3. The molecule has 0 saturated carbocycles. The van der Waals surface area contributed by atoms with E-state index < -0.39 is 5.25 Å². The van der Waals surface area contributed by atoms with Gasteiger partial charge in [0.25, 0.3) is 5.91 Å². The summed E-state index contributed by atoms with van der Waals surface area (Å²) in [5.41, 5.74) is 3.05. The number of amides is 2. The van der Waals surface area contributed by atoms with Crippen molar-refractivity contribution in [3.63, 3.8) is 0 Å². The molecule has 0 spiro atoms. The van der Waals surface area contributed by atoms with E-state index in [1.54, 1.807) is 60.6 Å². The molecule has 0 aromatic heterocycles. The molecule has 0 saturated heterocycles. The Bertz CT molecular complexity index is 1400. The molecule has 0 bridgehead atoms. The molecule has 1 N–H and O–H groups in total. The van der Waals surface area contributed by atoms with Crippen molar-refractivity contribution in [2.75, 3.05) is 12.4 Å². The van der Waals surface area contributed by atoms with E-state index in [2.05, 4.69) is 10.3 Å². The monoisotopic (exact) mass is 536 g/mol. The van der Waals surface area contributed by atoms with Gasteiger partial charge in [-0.2, -0.15) is 10.1 Å². The van der Waals surface area contributed by atoms with Gasteiger partial charge in [-0.25, -0.2) is 9.40 Å². The number of thioether (sulfide) groups is 1. The maximum Gasteiger partial charge on any atom is 0.262 e. The average Bonchev–Trinajstić information content (AvgIpc) is 3.49. The average molecular weight is 537 g/mol. The normalized spacial score (nSPS) is 19.0. The second kappa shape index (κ2) is 10.7. The quantitative estimate of drug-likeness (QED) is 0.439. The highest BCUT2D eigenvalue weighted by atomic mass is 35.5. The van der Waals surface area contributed by atoms with Gasteiger partial charge in [0.2, 0.25) is 5.91 Å². The Morgan fingerprint density at radius 1 is 1.16 bits per heavy atom. The topological polar surface area (TPSA) is 83.4 Å². The fraction of sp³-hybridized carbons (Fsp3) is 0.185. The maximum atomic E-state index is 13.5. The number of methoxy groups -OCH3 is 1. The van der Waals surface area contributed by atoms with Crippen molar-refractivity contribution in [3.8, 4) is 5.75 Å². The predicted molar refractivity (Wildman–Crippen MR) is 144 cm³/mol. The van der Waals surface area contributed by atoms with Crippen LogP contribution in [0.5, 0.6) is 5.75 Å². The second-order valence-corrected chi connectivity index (χ2v) is 10.1. The number of hydrazone groups is 1. The Morgan fingerprint density at radius 2 is 1.92 bits per heavy atom. The zero-order chi connectivity index (χ0) is 25.9. The predicted octanol–water partition coefficient (Wildman–Crippen LogP) is 5.67. The van der Waals surface area contributed by atoms with Crippen molar-refractivity contribution in [3.05, 3.63) is 94.8 Å². The molecule has 2 aliphatic rings. The number of anilines is 1. The molecule has 37 heavy (non-hydrogen) atoms. The Morgan fingerprint density at radius 3 is 2.65 bits per heavy atom. The first-order chi connectivity index (χ1) is 17.9. The number of hydrogen-bond acceptors (Lipinski definition) is 6. The molecule has 188 valence electrons. The summed E-state index contributed by atoms with van der Waals surface area (Å²) in [5, 5.41) is 9.63. The summed E-state index contributed by atoms with van der Waals surface area (Å²) in [4.78, 5) is 29.7. The molecule has 2 atom stereocenters. The lowest BCUT2D eigenvalue weighted by molar-refractivity contribution is -0.121. The van der Waals surface area contributed by atoms with E-state index in [-0.39, 0.29) is 30.1 Å². The van der Waals surface area contributed by atoms with Gasteiger partial charge >= 0.3 is 0 Å². The van der Waals surface area contributed by atoms with E-state index in [1.807, 2.05) is 12.1 Å². The number of halogens is 2. The number of hydrogen-bond donors (Lipinski definition) is 1. The smallest absolute Gasteiger partial charge is 0.262 e. The minimum Gasteiger partial charge on any atom is -0.497 e. The number of amidine groups is 1. The van der Waals surface area contributed by atoms with Crippen molar-refractivity contribution >= 4 is 51.7 Å². The summed E-state index contributed by atoms with van der Waals surface area (Å²) in [6.07, 6.45) is 0.490. The van der Waals surface area contributed by atoms with Crippen LogP contribution in [0.15, 0.2) is 82.9 Å². The maximum absolute atomic E-state index is 13.5. The number of ether oxygens (including phenoxy) is 1.